The molecule has 8 nitrogen and oxygen atoms in total. The van der Waals surface area contributed by atoms with Crippen molar-refractivity contribution in [1.82, 2.24) is 4.98 Å². The maximum absolute atomic E-state index is 11.4. The summed E-state index contributed by atoms with van der Waals surface area (Å²) in [4.78, 5) is 7.51. The third-order valence-electron chi connectivity index (χ3n) is 4.28. The summed E-state index contributed by atoms with van der Waals surface area (Å²) in [6.07, 6.45) is 1.11. The van der Waals surface area contributed by atoms with Gasteiger partial charge in [0.1, 0.15) is 0 Å². The molecule has 2 N–H and O–H groups in total. The Balaban J connectivity index is 0.00000256. The smallest absolute Gasteiger partial charge is 0.229 e. The summed E-state index contributed by atoms with van der Waals surface area (Å²) in [6, 6.07) is 20.1. The molecule has 152 valence electrons. The van der Waals surface area contributed by atoms with Crippen LogP contribution in [-0.2, 0) is 10.0 Å². The number of sulfonamides is 1. The molecule has 0 spiro atoms. The number of hydrogen-bond donors (Lipinski definition) is 2. The van der Waals surface area contributed by atoms with Crippen LogP contribution in [0.1, 0.15) is 0 Å². The molecule has 0 aliphatic carbocycles. The van der Waals surface area contributed by atoms with Crippen LogP contribution in [0.2, 0.25) is 0 Å². The first-order valence-corrected chi connectivity index (χ1v) is 10.5. The molecule has 4 aromatic rings. The second-order valence-electron chi connectivity index (χ2n) is 6.47. The van der Waals surface area contributed by atoms with E-state index in [9.17, 15) is 8.42 Å². The second-order valence-corrected chi connectivity index (χ2v) is 8.22. The number of halogens is 1. The van der Waals surface area contributed by atoms with E-state index in [4.69, 9.17) is 5.53 Å². The van der Waals surface area contributed by atoms with Crippen molar-refractivity contribution in [3.8, 4) is 0 Å². The van der Waals surface area contributed by atoms with Crippen molar-refractivity contribution in [2.45, 2.75) is 0 Å². The molecule has 1 heterocycles. The minimum absolute atomic E-state index is 0. The Morgan fingerprint density at radius 3 is 2.30 bits per heavy atom. The largest absolute Gasteiger partial charge is 0.354 e. The van der Waals surface area contributed by atoms with E-state index in [-0.39, 0.29) is 12.4 Å². The zero-order chi connectivity index (χ0) is 20.4. The van der Waals surface area contributed by atoms with Crippen LogP contribution < -0.4 is 10.0 Å². The van der Waals surface area contributed by atoms with Gasteiger partial charge in [0.05, 0.1) is 23.0 Å². The predicted molar refractivity (Wildman–Crippen MR) is 123 cm³/mol. The summed E-state index contributed by atoms with van der Waals surface area (Å²) >= 11 is 0. The summed E-state index contributed by atoms with van der Waals surface area (Å²) in [5.74, 6) is 0. The number of benzene rings is 3. The van der Waals surface area contributed by atoms with E-state index in [1.54, 1.807) is 36.4 Å². The lowest BCUT2D eigenvalue weighted by molar-refractivity contribution is 0.607. The SMILES string of the molecule is CS(=O)(=O)Nc1ccc(Nc2c3ccccc3nc3cc(N=[N+]=[N-])ccc23)cc1.Cl. The van der Waals surface area contributed by atoms with Gasteiger partial charge in [-0.15, -0.1) is 12.4 Å². The molecule has 10 heteroatoms. The molecule has 0 atom stereocenters. The quantitative estimate of drug-likeness (QED) is 0.174. The van der Waals surface area contributed by atoms with Crippen LogP contribution in [0.4, 0.5) is 22.7 Å². The van der Waals surface area contributed by atoms with E-state index in [1.807, 2.05) is 30.3 Å². The fraction of sp³-hybridized carbons (Fsp3) is 0.0500. The minimum Gasteiger partial charge on any atom is -0.354 e. The number of nitrogens with zero attached hydrogens (tertiary/aromatic N) is 4. The lowest BCUT2D eigenvalue weighted by Crippen LogP contribution is -2.09. The zero-order valence-electron chi connectivity index (χ0n) is 15.8. The Hall–Kier alpha value is -3.52. The first-order chi connectivity index (χ1) is 13.9. The topological polar surface area (TPSA) is 120 Å². The molecule has 0 fully saturated rings. The number of para-hydroxylation sites is 1. The molecule has 0 unspecified atom stereocenters. The van der Waals surface area contributed by atoms with Gasteiger partial charge in [-0.25, -0.2) is 13.4 Å². The van der Waals surface area contributed by atoms with Crippen LogP contribution in [0.5, 0.6) is 0 Å². The number of pyridine rings is 1. The Morgan fingerprint density at radius 1 is 0.933 bits per heavy atom. The van der Waals surface area contributed by atoms with Gasteiger partial charge in [0.25, 0.3) is 0 Å². The van der Waals surface area contributed by atoms with E-state index < -0.39 is 10.0 Å². The van der Waals surface area contributed by atoms with Gasteiger partial charge in [-0.2, -0.15) is 0 Å². The number of nitrogens with one attached hydrogen (secondary N) is 2. The molecular weight excluding hydrogens is 424 g/mol. The lowest BCUT2D eigenvalue weighted by Gasteiger charge is -2.14. The predicted octanol–water partition coefficient (Wildman–Crippen LogP) is 5.87. The molecule has 3 aromatic carbocycles. The first-order valence-electron chi connectivity index (χ1n) is 8.65. The van der Waals surface area contributed by atoms with Crippen molar-refractivity contribution in [3.05, 3.63) is 77.2 Å². The second kappa shape index (κ2) is 8.46. The normalized spacial score (nSPS) is 10.8. The van der Waals surface area contributed by atoms with Gasteiger partial charge in [0.2, 0.25) is 10.0 Å². The van der Waals surface area contributed by atoms with Crippen molar-refractivity contribution in [2.24, 2.45) is 5.11 Å². The minimum atomic E-state index is -3.33. The number of azide groups is 1. The van der Waals surface area contributed by atoms with Crippen LogP contribution in [0.25, 0.3) is 32.2 Å². The molecule has 0 radical (unpaired) electrons. The molecule has 0 aliphatic heterocycles. The molecule has 30 heavy (non-hydrogen) atoms. The monoisotopic (exact) mass is 440 g/mol. The maximum Gasteiger partial charge on any atom is 0.229 e. The van der Waals surface area contributed by atoms with E-state index in [0.29, 0.717) is 16.9 Å². The standard InChI is InChI=1S/C20H16N6O2S.ClH/c1-29(27,28)25-14-8-6-13(7-9-14)22-20-16-4-2-3-5-18(16)23-19-12-15(24-26-21)10-11-17(19)20;/h2-12,25H,1H3,(H,22,23);1H. The molecule has 0 aliphatic rings. The van der Waals surface area contributed by atoms with Crippen LogP contribution in [0, 0.1) is 0 Å². The van der Waals surface area contributed by atoms with Gasteiger partial charge in [-0.3, -0.25) is 4.72 Å². The number of rotatable bonds is 5. The van der Waals surface area contributed by atoms with Gasteiger partial charge in [0.15, 0.2) is 0 Å². The van der Waals surface area contributed by atoms with Crippen molar-refractivity contribution in [3.63, 3.8) is 0 Å². The average Bonchev–Trinajstić information content (AvgIpc) is 2.68. The Bertz CT molecular complexity index is 1380. The Morgan fingerprint density at radius 2 is 1.60 bits per heavy atom. The lowest BCUT2D eigenvalue weighted by atomic mass is 10.1. The van der Waals surface area contributed by atoms with E-state index in [2.05, 4.69) is 25.0 Å². The highest BCUT2D eigenvalue weighted by Gasteiger charge is 2.10. The number of hydrogen-bond acceptors (Lipinski definition) is 5. The number of aromatic nitrogens is 1. The van der Waals surface area contributed by atoms with E-state index >= 15 is 0 Å². The zero-order valence-corrected chi connectivity index (χ0v) is 17.4. The molecule has 0 saturated heterocycles. The summed E-state index contributed by atoms with van der Waals surface area (Å²) in [5, 5.41) is 8.88. The van der Waals surface area contributed by atoms with Gasteiger partial charge < -0.3 is 5.32 Å². The highest BCUT2D eigenvalue weighted by Crippen LogP contribution is 2.35. The average molecular weight is 441 g/mol. The summed E-state index contributed by atoms with van der Waals surface area (Å²) in [6.45, 7) is 0. The van der Waals surface area contributed by atoms with Crippen molar-refractivity contribution >= 4 is 67.0 Å². The van der Waals surface area contributed by atoms with Gasteiger partial charge in [-0.1, -0.05) is 35.4 Å². The van der Waals surface area contributed by atoms with Crippen LogP contribution in [-0.4, -0.2) is 19.7 Å². The van der Waals surface area contributed by atoms with Crippen molar-refractivity contribution in [2.75, 3.05) is 16.3 Å². The summed E-state index contributed by atoms with van der Waals surface area (Å²) in [7, 11) is -3.33. The van der Waals surface area contributed by atoms with Crippen molar-refractivity contribution in [1.29, 1.82) is 0 Å². The number of fused-ring (bicyclic) bond motifs is 2. The van der Waals surface area contributed by atoms with E-state index in [1.165, 1.54) is 0 Å². The summed E-state index contributed by atoms with van der Waals surface area (Å²) < 4.78 is 25.2. The highest BCUT2D eigenvalue weighted by molar-refractivity contribution is 7.92. The Kier molecular flexibility index (Phi) is 5.98. The fourth-order valence-electron chi connectivity index (χ4n) is 3.11. The summed E-state index contributed by atoms with van der Waals surface area (Å²) in [5.41, 5.74) is 12.8. The molecule has 1 aromatic heterocycles. The molecule has 0 bridgehead atoms. The van der Waals surface area contributed by atoms with Crippen LogP contribution in [0.15, 0.2) is 71.8 Å². The van der Waals surface area contributed by atoms with E-state index in [0.717, 1.165) is 33.9 Å². The molecular formula is C20H17ClN6O2S. The third kappa shape index (κ3) is 4.55. The molecule has 0 saturated carbocycles. The Labute approximate surface area is 179 Å². The fourth-order valence-corrected chi connectivity index (χ4v) is 3.67. The number of anilines is 3. The molecule has 0 amide bonds. The maximum atomic E-state index is 11.4. The molecule has 4 rings (SSSR count). The van der Waals surface area contributed by atoms with Gasteiger partial charge >= 0.3 is 0 Å². The highest BCUT2D eigenvalue weighted by atomic mass is 35.5. The van der Waals surface area contributed by atoms with Gasteiger partial charge in [-0.05, 0) is 41.9 Å². The third-order valence-corrected chi connectivity index (χ3v) is 4.89. The van der Waals surface area contributed by atoms with Gasteiger partial charge in [0, 0.05) is 32.7 Å². The van der Waals surface area contributed by atoms with Crippen LogP contribution in [0.3, 0.4) is 0 Å². The first kappa shape index (κ1) is 21.2. The van der Waals surface area contributed by atoms with Crippen LogP contribution >= 0.6 is 12.4 Å². The van der Waals surface area contributed by atoms with Crippen molar-refractivity contribution < 1.29 is 8.42 Å².